The van der Waals surface area contributed by atoms with E-state index < -0.39 is 0 Å². The van der Waals surface area contributed by atoms with Gasteiger partial charge in [0.05, 0.1) is 16.9 Å². The first-order valence-electron chi connectivity index (χ1n) is 10.2. The van der Waals surface area contributed by atoms with Gasteiger partial charge in [0.1, 0.15) is 23.0 Å². The number of rotatable bonds is 6. The third kappa shape index (κ3) is 4.50. The third-order valence-electron chi connectivity index (χ3n) is 5.83. The highest BCUT2D eigenvalue weighted by Gasteiger charge is 2.26. The number of nitrogens with zero attached hydrogens (tertiary/aromatic N) is 4. The molecule has 0 aromatic carbocycles. The predicted molar refractivity (Wildman–Crippen MR) is 119 cm³/mol. The highest BCUT2D eigenvalue weighted by atomic mass is 32.2. The topological polar surface area (TPSA) is 112 Å². The molecule has 3 rings (SSSR count). The van der Waals surface area contributed by atoms with Crippen LogP contribution in [0.4, 0.5) is 5.82 Å². The molecule has 0 radical (unpaired) electrons. The van der Waals surface area contributed by atoms with E-state index in [9.17, 15) is 20.1 Å². The Balaban J connectivity index is 1.82. The number of Topliss-reactive ketones (excluding diaryl/α,β-unsaturated/α-hetero) is 1. The van der Waals surface area contributed by atoms with Gasteiger partial charge in [-0.15, -0.1) is 0 Å². The average Bonchev–Trinajstić information content (AvgIpc) is 3.33. The number of pyridine rings is 1. The third-order valence-corrected chi connectivity index (χ3v) is 6.83. The number of ketones is 1. The number of anilines is 1. The first kappa shape index (κ1) is 22.6. The lowest BCUT2D eigenvalue weighted by atomic mass is 10.1. The Labute approximate surface area is 186 Å². The van der Waals surface area contributed by atoms with Gasteiger partial charge in [-0.25, -0.2) is 4.98 Å². The second-order valence-corrected chi connectivity index (χ2v) is 8.80. The molecule has 1 aliphatic rings. The number of nitrogens with one attached hydrogen (secondary N) is 1. The Morgan fingerprint density at radius 2 is 1.90 bits per heavy atom. The number of amides is 1. The molecule has 160 valence electrons. The molecular formula is C23H25N5O2S. The number of carbonyl (C=O) groups is 2. The largest absolute Gasteiger partial charge is 0.327 e. The van der Waals surface area contributed by atoms with Gasteiger partial charge in [-0.05, 0) is 52.2 Å². The summed E-state index contributed by atoms with van der Waals surface area (Å²) in [5.41, 5.74) is 3.61. The molecule has 0 saturated heterocycles. The number of carbonyl (C=O) groups excluding carboxylic acids is 2. The number of aromatic nitrogens is 2. The zero-order valence-corrected chi connectivity index (χ0v) is 19.0. The van der Waals surface area contributed by atoms with E-state index in [1.807, 2.05) is 13.8 Å². The van der Waals surface area contributed by atoms with E-state index in [0.717, 1.165) is 48.7 Å². The summed E-state index contributed by atoms with van der Waals surface area (Å²) in [6.07, 6.45) is 4.36. The minimum absolute atomic E-state index is 0.0410. The highest BCUT2D eigenvalue weighted by molar-refractivity contribution is 8.00. The van der Waals surface area contributed by atoms with Crippen LogP contribution in [0.2, 0.25) is 0 Å². The molecular weight excluding hydrogens is 410 g/mol. The van der Waals surface area contributed by atoms with Crippen LogP contribution in [-0.4, -0.2) is 27.0 Å². The average molecular weight is 436 g/mol. The molecule has 1 amide bonds. The van der Waals surface area contributed by atoms with Crippen LogP contribution in [0.5, 0.6) is 0 Å². The fourth-order valence-corrected chi connectivity index (χ4v) is 4.94. The SMILES string of the molecule is CC(=O)c1cc(C#N)c(SCC(=O)Nc2c(C#N)c(C)c(C)n2C2CCCC2)nc1C. The highest BCUT2D eigenvalue weighted by Crippen LogP contribution is 2.37. The van der Waals surface area contributed by atoms with Gasteiger partial charge in [0.2, 0.25) is 5.91 Å². The number of hydrogen-bond donors (Lipinski definition) is 1. The summed E-state index contributed by atoms with van der Waals surface area (Å²) in [5.74, 6) is 0.182. The normalized spacial score (nSPS) is 13.6. The van der Waals surface area contributed by atoms with Crippen molar-refractivity contribution < 1.29 is 9.59 Å². The summed E-state index contributed by atoms with van der Waals surface area (Å²) < 4.78 is 2.11. The van der Waals surface area contributed by atoms with Crippen molar-refractivity contribution in [3.63, 3.8) is 0 Å². The molecule has 7 nitrogen and oxygen atoms in total. The molecule has 0 bridgehead atoms. The van der Waals surface area contributed by atoms with Gasteiger partial charge in [-0.1, -0.05) is 24.6 Å². The van der Waals surface area contributed by atoms with Crippen molar-refractivity contribution in [1.29, 1.82) is 10.5 Å². The monoisotopic (exact) mass is 435 g/mol. The lowest BCUT2D eigenvalue weighted by Crippen LogP contribution is -2.20. The lowest BCUT2D eigenvalue weighted by molar-refractivity contribution is -0.113. The van der Waals surface area contributed by atoms with Crippen LogP contribution < -0.4 is 5.32 Å². The molecule has 1 fully saturated rings. The first-order valence-corrected chi connectivity index (χ1v) is 11.2. The van der Waals surface area contributed by atoms with Crippen LogP contribution in [0.25, 0.3) is 0 Å². The molecule has 0 spiro atoms. The van der Waals surface area contributed by atoms with E-state index in [4.69, 9.17) is 0 Å². The molecule has 1 aliphatic carbocycles. The van der Waals surface area contributed by atoms with Gasteiger partial charge in [0.15, 0.2) is 5.78 Å². The molecule has 2 aromatic heterocycles. The molecule has 8 heteroatoms. The summed E-state index contributed by atoms with van der Waals surface area (Å²) in [6, 6.07) is 6.11. The van der Waals surface area contributed by atoms with Crippen molar-refractivity contribution in [1.82, 2.24) is 9.55 Å². The van der Waals surface area contributed by atoms with Gasteiger partial charge in [-0.2, -0.15) is 10.5 Å². The van der Waals surface area contributed by atoms with Crippen LogP contribution in [-0.2, 0) is 4.79 Å². The number of aryl methyl sites for hydroxylation is 1. The number of hydrogen-bond acceptors (Lipinski definition) is 6. The summed E-state index contributed by atoms with van der Waals surface area (Å²) in [5, 5.41) is 22.4. The minimum atomic E-state index is -0.266. The zero-order chi connectivity index (χ0) is 22.7. The fourth-order valence-electron chi connectivity index (χ4n) is 4.14. The Morgan fingerprint density at radius 3 is 2.48 bits per heavy atom. The molecule has 0 aliphatic heterocycles. The standard InChI is InChI=1S/C23H25N5O2S/c1-13-15(3)28(18-7-5-6-8-18)22(20(13)11-25)27-21(30)12-31-23-17(10-24)9-19(16(4)29)14(2)26-23/h9,18H,5-8,12H2,1-4H3,(H,27,30). The van der Waals surface area contributed by atoms with Gasteiger partial charge in [0, 0.05) is 23.0 Å². The van der Waals surface area contributed by atoms with E-state index in [1.54, 1.807) is 6.92 Å². The van der Waals surface area contributed by atoms with Crippen LogP contribution in [0.3, 0.4) is 0 Å². The van der Waals surface area contributed by atoms with Crippen LogP contribution in [0.1, 0.15) is 77.1 Å². The van der Waals surface area contributed by atoms with Crippen molar-refractivity contribution in [3.8, 4) is 12.1 Å². The summed E-state index contributed by atoms with van der Waals surface area (Å²) >= 11 is 1.15. The van der Waals surface area contributed by atoms with Crippen LogP contribution >= 0.6 is 11.8 Å². The maximum Gasteiger partial charge on any atom is 0.235 e. The van der Waals surface area contributed by atoms with E-state index in [0.29, 0.717) is 27.7 Å². The maximum atomic E-state index is 12.8. The molecule has 1 N–H and O–H groups in total. The predicted octanol–water partition coefficient (Wildman–Crippen LogP) is 4.60. The Morgan fingerprint density at radius 1 is 1.23 bits per heavy atom. The first-order chi connectivity index (χ1) is 14.8. The van der Waals surface area contributed by atoms with Crippen molar-refractivity contribution in [2.75, 3.05) is 11.1 Å². The van der Waals surface area contributed by atoms with Crippen molar-refractivity contribution in [2.45, 2.75) is 64.4 Å². The van der Waals surface area contributed by atoms with Gasteiger partial charge in [0.25, 0.3) is 0 Å². The fraction of sp³-hybridized carbons (Fsp3) is 0.435. The molecule has 2 aromatic rings. The second-order valence-electron chi connectivity index (χ2n) is 7.83. The molecule has 1 saturated carbocycles. The number of nitriles is 2. The molecule has 0 atom stereocenters. The Kier molecular flexibility index (Phi) is 6.82. The van der Waals surface area contributed by atoms with Gasteiger partial charge < -0.3 is 9.88 Å². The van der Waals surface area contributed by atoms with E-state index >= 15 is 0 Å². The number of thioether (sulfide) groups is 1. The maximum absolute atomic E-state index is 12.8. The Hall–Kier alpha value is -3.10. The molecule has 31 heavy (non-hydrogen) atoms. The smallest absolute Gasteiger partial charge is 0.235 e. The van der Waals surface area contributed by atoms with E-state index in [-0.39, 0.29) is 29.0 Å². The molecule has 0 unspecified atom stereocenters. The lowest BCUT2D eigenvalue weighted by Gasteiger charge is -2.19. The molecule has 2 heterocycles. The summed E-state index contributed by atoms with van der Waals surface area (Å²) in [6.45, 7) is 7.04. The van der Waals surface area contributed by atoms with Gasteiger partial charge >= 0.3 is 0 Å². The van der Waals surface area contributed by atoms with E-state index in [1.165, 1.54) is 13.0 Å². The summed E-state index contributed by atoms with van der Waals surface area (Å²) in [4.78, 5) is 28.8. The van der Waals surface area contributed by atoms with Crippen molar-refractivity contribution >= 4 is 29.3 Å². The second kappa shape index (κ2) is 9.36. The van der Waals surface area contributed by atoms with Crippen LogP contribution in [0, 0.1) is 43.4 Å². The Bertz CT molecular complexity index is 1130. The van der Waals surface area contributed by atoms with Gasteiger partial charge in [-0.3, -0.25) is 9.59 Å². The summed E-state index contributed by atoms with van der Waals surface area (Å²) in [7, 11) is 0. The van der Waals surface area contributed by atoms with E-state index in [2.05, 4.69) is 27.0 Å². The quantitative estimate of drug-likeness (QED) is 0.524. The van der Waals surface area contributed by atoms with Crippen molar-refractivity contribution in [2.24, 2.45) is 0 Å². The zero-order valence-electron chi connectivity index (χ0n) is 18.2. The van der Waals surface area contributed by atoms with Crippen LogP contribution in [0.15, 0.2) is 11.1 Å². The minimum Gasteiger partial charge on any atom is -0.327 e. The van der Waals surface area contributed by atoms with Crippen molar-refractivity contribution in [3.05, 3.63) is 39.7 Å².